The van der Waals surface area contributed by atoms with Crippen molar-refractivity contribution >= 4 is 10.8 Å². The Morgan fingerprint density at radius 1 is 1.22 bits per heavy atom. The largest absolute Gasteiger partial charge is 0.320 e. The van der Waals surface area contributed by atoms with Crippen LogP contribution in [0.25, 0.3) is 10.8 Å². The fourth-order valence-electron chi connectivity index (χ4n) is 2.20. The van der Waals surface area contributed by atoms with Gasteiger partial charge in [0, 0.05) is 24.3 Å². The van der Waals surface area contributed by atoms with E-state index >= 15 is 0 Å². The monoisotopic (exact) mass is 243 g/mol. The van der Waals surface area contributed by atoms with Gasteiger partial charge in [0.2, 0.25) is 0 Å². The Labute approximate surface area is 109 Å². The van der Waals surface area contributed by atoms with E-state index < -0.39 is 0 Å². The Kier molecular flexibility index (Phi) is 4.67. The normalized spacial score (nSPS) is 11.3. The lowest BCUT2D eigenvalue weighted by Crippen LogP contribution is -2.22. The molecule has 3 heteroatoms. The highest BCUT2D eigenvalue weighted by atomic mass is 15.1. The molecule has 0 bridgehead atoms. The molecule has 3 nitrogen and oxygen atoms in total. The first-order valence-electron chi connectivity index (χ1n) is 6.46. The van der Waals surface area contributed by atoms with Crippen LogP contribution in [0.5, 0.6) is 0 Å². The first-order valence-corrected chi connectivity index (χ1v) is 6.46. The van der Waals surface area contributed by atoms with Gasteiger partial charge in [0.1, 0.15) is 0 Å². The summed E-state index contributed by atoms with van der Waals surface area (Å²) in [6.45, 7) is 3.13. The quantitative estimate of drug-likeness (QED) is 0.789. The highest BCUT2D eigenvalue weighted by molar-refractivity contribution is 5.84. The van der Waals surface area contributed by atoms with Crippen molar-refractivity contribution in [2.45, 2.75) is 13.0 Å². The third-order valence-electron chi connectivity index (χ3n) is 3.16. The van der Waals surface area contributed by atoms with Crippen molar-refractivity contribution in [3.05, 3.63) is 42.2 Å². The van der Waals surface area contributed by atoms with Gasteiger partial charge in [-0.15, -0.1) is 0 Å². The first-order chi connectivity index (χ1) is 8.81. The van der Waals surface area contributed by atoms with Crippen molar-refractivity contribution < 1.29 is 0 Å². The van der Waals surface area contributed by atoms with E-state index in [1.807, 2.05) is 19.4 Å². The van der Waals surface area contributed by atoms with E-state index in [2.05, 4.69) is 46.5 Å². The predicted octanol–water partition coefficient (Wildman–Crippen LogP) is 2.28. The molecule has 0 aliphatic heterocycles. The zero-order valence-electron chi connectivity index (χ0n) is 11.2. The summed E-state index contributed by atoms with van der Waals surface area (Å²) in [5, 5.41) is 5.71. The first kappa shape index (κ1) is 13.0. The van der Waals surface area contributed by atoms with Crippen LogP contribution in [0.1, 0.15) is 12.0 Å². The minimum atomic E-state index is 0.956. The number of hydrogen-bond donors (Lipinski definition) is 1. The van der Waals surface area contributed by atoms with Crippen LogP contribution in [0.4, 0.5) is 0 Å². The summed E-state index contributed by atoms with van der Waals surface area (Å²) in [5.41, 5.74) is 1.31. The molecular weight excluding hydrogens is 222 g/mol. The lowest BCUT2D eigenvalue weighted by atomic mass is 10.1. The molecule has 0 spiro atoms. The van der Waals surface area contributed by atoms with Crippen molar-refractivity contribution in [2.75, 3.05) is 27.2 Å². The third-order valence-corrected chi connectivity index (χ3v) is 3.16. The Balaban J connectivity index is 2.07. The second-order valence-electron chi connectivity index (χ2n) is 4.71. The summed E-state index contributed by atoms with van der Waals surface area (Å²) in [5.74, 6) is 0. The summed E-state index contributed by atoms with van der Waals surface area (Å²) in [6.07, 6.45) is 5.09. The third kappa shape index (κ3) is 3.28. The standard InChI is InChI=1S/C15H21N3/c1-16-8-5-9-18(2)12-14-11-17-10-13-6-3-4-7-15(13)14/h3-4,6-7,10-11,16H,5,8-9,12H2,1-2H3. The Morgan fingerprint density at radius 2 is 2.06 bits per heavy atom. The fraction of sp³-hybridized carbons (Fsp3) is 0.400. The highest BCUT2D eigenvalue weighted by Gasteiger charge is 2.04. The summed E-state index contributed by atoms with van der Waals surface area (Å²) < 4.78 is 0. The van der Waals surface area contributed by atoms with Crippen molar-refractivity contribution in [3.8, 4) is 0 Å². The van der Waals surface area contributed by atoms with E-state index in [-0.39, 0.29) is 0 Å². The molecule has 2 rings (SSSR count). The van der Waals surface area contributed by atoms with Crippen LogP contribution in [0.3, 0.4) is 0 Å². The van der Waals surface area contributed by atoms with Gasteiger partial charge < -0.3 is 10.2 Å². The SMILES string of the molecule is CNCCCN(C)Cc1cncc2ccccc12. The minimum Gasteiger partial charge on any atom is -0.320 e. The molecule has 0 fully saturated rings. The smallest absolute Gasteiger partial charge is 0.0346 e. The lowest BCUT2D eigenvalue weighted by molar-refractivity contribution is 0.322. The van der Waals surface area contributed by atoms with Gasteiger partial charge in [-0.05, 0) is 44.6 Å². The van der Waals surface area contributed by atoms with Crippen molar-refractivity contribution in [2.24, 2.45) is 0 Å². The van der Waals surface area contributed by atoms with Gasteiger partial charge >= 0.3 is 0 Å². The second kappa shape index (κ2) is 6.47. The van der Waals surface area contributed by atoms with Crippen LogP contribution in [-0.4, -0.2) is 37.1 Å². The molecule has 0 atom stereocenters. The Bertz CT molecular complexity index is 491. The van der Waals surface area contributed by atoms with Crippen molar-refractivity contribution in [3.63, 3.8) is 0 Å². The van der Waals surface area contributed by atoms with Crippen LogP contribution in [-0.2, 0) is 6.54 Å². The maximum absolute atomic E-state index is 4.32. The van der Waals surface area contributed by atoms with E-state index in [1.165, 1.54) is 22.8 Å². The second-order valence-corrected chi connectivity index (χ2v) is 4.71. The molecule has 1 N–H and O–H groups in total. The number of hydrogen-bond acceptors (Lipinski definition) is 3. The molecule has 0 aliphatic carbocycles. The van der Waals surface area contributed by atoms with Gasteiger partial charge in [0.25, 0.3) is 0 Å². The molecule has 0 amide bonds. The molecule has 0 unspecified atom stereocenters. The van der Waals surface area contributed by atoms with E-state index in [9.17, 15) is 0 Å². The number of nitrogens with one attached hydrogen (secondary N) is 1. The average molecular weight is 243 g/mol. The molecule has 2 aromatic rings. The number of benzene rings is 1. The van der Waals surface area contributed by atoms with Gasteiger partial charge in [0.05, 0.1) is 0 Å². The molecular formula is C15H21N3. The molecule has 1 aromatic carbocycles. The Morgan fingerprint density at radius 3 is 2.89 bits per heavy atom. The number of aromatic nitrogens is 1. The zero-order chi connectivity index (χ0) is 12.8. The van der Waals surface area contributed by atoms with Gasteiger partial charge in [0.15, 0.2) is 0 Å². The molecule has 1 aromatic heterocycles. The van der Waals surface area contributed by atoms with Gasteiger partial charge in [-0.2, -0.15) is 0 Å². The van der Waals surface area contributed by atoms with Crippen molar-refractivity contribution in [1.82, 2.24) is 15.2 Å². The number of rotatable bonds is 6. The van der Waals surface area contributed by atoms with Crippen molar-refractivity contribution in [1.29, 1.82) is 0 Å². The summed E-state index contributed by atoms with van der Waals surface area (Å²) in [6, 6.07) is 8.44. The number of fused-ring (bicyclic) bond motifs is 1. The maximum Gasteiger partial charge on any atom is 0.0346 e. The minimum absolute atomic E-state index is 0.956. The molecule has 96 valence electrons. The fourth-order valence-corrected chi connectivity index (χ4v) is 2.20. The van der Waals surface area contributed by atoms with Crippen LogP contribution in [0.2, 0.25) is 0 Å². The average Bonchev–Trinajstić information content (AvgIpc) is 2.39. The molecule has 0 aliphatic rings. The van der Waals surface area contributed by atoms with Crippen LogP contribution < -0.4 is 5.32 Å². The van der Waals surface area contributed by atoms with Gasteiger partial charge in [-0.25, -0.2) is 0 Å². The van der Waals surface area contributed by atoms with Crippen LogP contribution in [0, 0.1) is 0 Å². The van der Waals surface area contributed by atoms with Gasteiger partial charge in [-0.3, -0.25) is 4.98 Å². The summed E-state index contributed by atoms with van der Waals surface area (Å²) >= 11 is 0. The molecule has 0 radical (unpaired) electrons. The predicted molar refractivity (Wildman–Crippen MR) is 76.6 cm³/mol. The van der Waals surface area contributed by atoms with E-state index in [4.69, 9.17) is 0 Å². The number of pyridine rings is 1. The Hall–Kier alpha value is -1.45. The number of nitrogens with zero attached hydrogens (tertiary/aromatic N) is 2. The van der Waals surface area contributed by atoms with E-state index in [0.29, 0.717) is 0 Å². The maximum atomic E-state index is 4.32. The van der Waals surface area contributed by atoms with Crippen LogP contribution >= 0.6 is 0 Å². The van der Waals surface area contributed by atoms with E-state index in [1.54, 1.807) is 0 Å². The zero-order valence-corrected chi connectivity index (χ0v) is 11.2. The molecule has 0 saturated carbocycles. The summed E-state index contributed by atoms with van der Waals surface area (Å²) in [4.78, 5) is 6.67. The molecule has 0 saturated heterocycles. The van der Waals surface area contributed by atoms with Crippen LogP contribution in [0.15, 0.2) is 36.7 Å². The van der Waals surface area contributed by atoms with E-state index in [0.717, 1.165) is 19.6 Å². The molecule has 1 heterocycles. The summed E-state index contributed by atoms with van der Waals surface area (Å²) in [7, 11) is 4.16. The molecule has 18 heavy (non-hydrogen) atoms. The van der Waals surface area contributed by atoms with Gasteiger partial charge in [-0.1, -0.05) is 24.3 Å². The topological polar surface area (TPSA) is 28.2 Å². The lowest BCUT2D eigenvalue weighted by Gasteiger charge is -2.17. The highest BCUT2D eigenvalue weighted by Crippen LogP contribution is 2.18.